The van der Waals surface area contributed by atoms with Crippen LogP contribution in [0.4, 0.5) is 0 Å². The Bertz CT molecular complexity index is 251. The van der Waals surface area contributed by atoms with Gasteiger partial charge in [0.1, 0.15) is 0 Å². The van der Waals surface area contributed by atoms with Gasteiger partial charge in [-0.2, -0.15) is 0 Å². The average Bonchev–Trinajstić information content (AvgIpc) is 2.19. The summed E-state index contributed by atoms with van der Waals surface area (Å²) >= 11 is 0. The van der Waals surface area contributed by atoms with E-state index in [9.17, 15) is 4.79 Å². The quantitative estimate of drug-likeness (QED) is 0.496. The first-order valence-corrected chi connectivity index (χ1v) is 4.84. The molecule has 1 aromatic carbocycles. The number of hydrogen-bond acceptors (Lipinski definition) is 1. The summed E-state index contributed by atoms with van der Waals surface area (Å²) in [5, 5.41) is 0. The van der Waals surface area contributed by atoms with Crippen LogP contribution in [0.15, 0.2) is 24.3 Å². The molecule has 0 aromatic heterocycles. The molecule has 1 rings (SSSR count). The van der Waals surface area contributed by atoms with Gasteiger partial charge in [-0.1, -0.05) is 38.0 Å². The molecule has 0 saturated heterocycles. The number of hydrogen-bond donors (Lipinski definition) is 0. The summed E-state index contributed by atoms with van der Waals surface area (Å²) in [5.74, 6) is 0.241. The number of unbranched alkanes of at least 4 members (excludes halogenated alkanes) is 2. The molecule has 0 aliphatic carbocycles. The molecule has 1 radical (unpaired) electrons. The van der Waals surface area contributed by atoms with Crippen molar-refractivity contribution < 1.29 is 4.79 Å². The van der Waals surface area contributed by atoms with Gasteiger partial charge >= 0.3 is 0 Å². The van der Waals surface area contributed by atoms with Gasteiger partial charge in [-0.3, -0.25) is 4.79 Å². The SMILES string of the molecule is CCCCCC(=O)c1c[c]ccc1. The molecule has 1 heteroatoms. The fraction of sp³-hybridized carbons (Fsp3) is 0.417. The summed E-state index contributed by atoms with van der Waals surface area (Å²) in [6.07, 6.45) is 3.98. The van der Waals surface area contributed by atoms with E-state index in [2.05, 4.69) is 13.0 Å². The molecule has 0 atom stereocenters. The fourth-order valence-corrected chi connectivity index (χ4v) is 1.25. The minimum absolute atomic E-state index is 0.241. The van der Waals surface area contributed by atoms with Crippen molar-refractivity contribution in [3.05, 3.63) is 35.9 Å². The Kier molecular flexibility index (Phi) is 4.24. The predicted molar refractivity (Wildman–Crippen MR) is 53.8 cm³/mol. The zero-order chi connectivity index (χ0) is 9.52. The second-order valence-electron chi connectivity index (χ2n) is 3.17. The van der Waals surface area contributed by atoms with Crippen molar-refractivity contribution in [2.24, 2.45) is 0 Å². The molecule has 0 aliphatic rings. The van der Waals surface area contributed by atoms with Gasteiger partial charge in [0.15, 0.2) is 5.78 Å². The molecular formula is C12H15O. The molecule has 0 amide bonds. The first-order valence-electron chi connectivity index (χ1n) is 4.84. The summed E-state index contributed by atoms with van der Waals surface area (Å²) in [6, 6.07) is 10.2. The Morgan fingerprint density at radius 2 is 2.31 bits per heavy atom. The van der Waals surface area contributed by atoms with Gasteiger partial charge in [0.2, 0.25) is 0 Å². The van der Waals surface area contributed by atoms with E-state index in [-0.39, 0.29) is 5.78 Å². The lowest BCUT2D eigenvalue weighted by Gasteiger charge is -1.98. The molecule has 1 nitrogen and oxygen atoms in total. The maximum atomic E-state index is 11.5. The number of rotatable bonds is 5. The highest BCUT2D eigenvalue weighted by molar-refractivity contribution is 5.95. The summed E-state index contributed by atoms with van der Waals surface area (Å²) < 4.78 is 0. The molecule has 0 heterocycles. The van der Waals surface area contributed by atoms with Crippen molar-refractivity contribution in [3.8, 4) is 0 Å². The highest BCUT2D eigenvalue weighted by Crippen LogP contribution is 2.07. The summed E-state index contributed by atoms with van der Waals surface area (Å²) in [4.78, 5) is 11.5. The molecule has 0 unspecified atom stereocenters. The van der Waals surface area contributed by atoms with Crippen LogP contribution in [0.25, 0.3) is 0 Å². The fourth-order valence-electron chi connectivity index (χ4n) is 1.25. The summed E-state index contributed by atoms with van der Waals surface area (Å²) in [7, 11) is 0. The standard InChI is InChI=1S/C12H15O/c1-2-3-5-10-12(13)11-8-6-4-7-9-11/h4,6,8-9H,2-3,5,10H2,1H3. The second kappa shape index (κ2) is 5.52. The molecule has 1 aromatic rings. The lowest BCUT2D eigenvalue weighted by molar-refractivity contribution is 0.0979. The van der Waals surface area contributed by atoms with E-state index in [1.807, 2.05) is 18.2 Å². The van der Waals surface area contributed by atoms with Crippen molar-refractivity contribution in [1.29, 1.82) is 0 Å². The largest absolute Gasteiger partial charge is 0.294 e. The third-order valence-electron chi connectivity index (χ3n) is 2.04. The molecule has 69 valence electrons. The topological polar surface area (TPSA) is 17.1 Å². The molecule has 0 fully saturated rings. The van der Waals surface area contributed by atoms with Gasteiger partial charge < -0.3 is 0 Å². The molecule has 0 saturated carbocycles. The predicted octanol–water partition coefficient (Wildman–Crippen LogP) is 3.25. The molecule has 0 aliphatic heterocycles. The Morgan fingerprint density at radius 3 is 2.92 bits per heavy atom. The Morgan fingerprint density at radius 1 is 1.46 bits per heavy atom. The minimum atomic E-state index is 0.241. The van der Waals surface area contributed by atoms with E-state index in [4.69, 9.17) is 0 Å². The molecule has 13 heavy (non-hydrogen) atoms. The maximum absolute atomic E-state index is 11.5. The van der Waals surface area contributed by atoms with Gasteiger partial charge in [0.05, 0.1) is 0 Å². The molecular weight excluding hydrogens is 160 g/mol. The van der Waals surface area contributed by atoms with E-state index < -0.39 is 0 Å². The first kappa shape index (κ1) is 9.97. The van der Waals surface area contributed by atoms with Crippen LogP contribution in [0.1, 0.15) is 43.0 Å². The number of Topliss-reactive ketones (excluding diaryl/α,β-unsaturated/α-hetero) is 1. The van der Waals surface area contributed by atoms with E-state index in [0.717, 1.165) is 24.8 Å². The average molecular weight is 175 g/mol. The molecule has 0 bridgehead atoms. The molecule has 0 N–H and O–H groups in total. The normalized spacial score (nSPS) is 9.92. The summed E-state index contributed by atoms with van der Waals surface area (Å²) in [5.41, 5.74) is 0.790. The number of benzene rings is 1. The van der Waals surface area contributed by atoms with E-state index >= 15 is 0 Å². The third-order valence-corrected chi connectivity index (χ3v) is 2.04. The Labute approximate surface area is 79.8 Å². The Balaban J connectivity index is 2.40. The van der Waals surface area contributed by atoms with Crippen LogP contribution in [0.2, 0.25) is 0 Å². The van der Waals surface area contributed by atoms with E-state index in [0.29, 0.717) is 6.42 Å². The van der Waals surface area contributed by atoms with Crippen LogP contribution in [-0.2, 0) is 0 Å². The van der Waals surface area contributed by atoms with Gasteiger partial charge in [-0.15, -0.1) is 0 Å². The van der Waals surface area contributed by atoms with E-state index in [1.165, 1.54) is 0 Å². The zero-order valence-corrected chi connectivity index (χ0v) is 8.05. The van der Waals surface area contributed by atoms with Crippen molar-refractivity contribution in [3.63, 3.8) is 0 Å². The number of ketones is 1. The van der Waals surface area contributed by atoms with Crippen LogP contribution < -0.4 is 0 Å². The van der Waals surface area contributed by atoms with Gasteiger partial charge in [0, 0.05) is 12.0 Å². The van der Waals surface area contributed by atoms with Crippen LogP contribution in [-0.4, -0.2) is 5.78 Å². The van der Waals surface area contributed by atoms with Crippen molar-refractivity contribution in [1.82, 2.24) is 0 Å². The third kappa shape index (κ3) is 3.41. The first-order chi connectivity index (χ1) is 6.34. The highest BCUT2D eigenvalue weighted by atomic mass is 16.1. The monoisotopic (exact) mass is 175 g/mol. The van der Waals surface area contributed by atoms with Crippen LogP contribution >= 0.6 is 0 Å². The van der Waals surface area contributed by atoms with Crippen molar-refractivity contribution in [2.45, 2.75) is 32.6 Å². The number of carbonyl (C=O) groups is 1. The summed E-state index contributed by atoms with van der Waals surface area (Å²) in [6.45, 7) is 2.14. The van der Waals surface area contributed by atoms with Gasteiger partial charge in [0.25, 0.3) is 0 Å². The van der Waals surface area contributed by atoms with Crippen molar-refractivity contribution >= 4 is 5.78 Å². The minimum Gasteiger partial charge on any atom is -0.294 e. The Hall–Kier alpha value is -1.11. The van der Waals surface area contributed by atoms with E-state index in [1.54, 1.807) is 6.07 Å². The zero-order valence-electron chi connectivity index (χ0n) is 8.05. The molecule has 0 spiro atoms. The lowest BCUT2D eigenvalue weighted by Crippen LogP contribution is -1.97. The van der Waals surface area contributed by atoms with Gasteiger partial charge in [-0.25, -0.2) is 0 Å². The van der Waals surface area contributed by atoms with Crippen LogP contribution in [0, 0.1) is 6.07 Å². The second-order valence-corrected chi connectivity index (χ2v) is 3.17. The smallest absolute Gasteiger partial charge is 0.162 e. The number of carbonyl (C=O) groups excluding carboxylic acids is 1. The van der Waals surface area contributed by atoms with Gasteiger partial charge in [-0.05, 0) is 18.6 Å². The lowest BCUT2D eigenvalue weighted by atomic mass is 10.1. The highest BCUT2D eigenvalue weighted by Gasteiger charge is 2.03. The van der Waals surface area contributed by atoms with Crippen LogP contribution in [0.3, 0.4) is 0 Å². The maximum Gasteiger partial charge on any atom is 0.162 e. The van der Waals surface area contributed by atoms with Crippen LogP contribution in [0.5, 0.6) is 0 Å². The van der Waals surface area contributed by atoms with Crippen molar-refractivity contribution in [2.75, 3.05) is 0 Å².